The topological polar surface area (TPSA) is 21.3 Å². The van der Waals surface area contributed by atoms with Crippen LogP contribution in [0.15, 0.2) is 0 Å². The van der Waals surface area contributed by atoms with E-state index in [1.165, 1.54) is 25.7 Å². The van der Waals surface area contributed by atoms with Gasteiger partial charge in [-0.25, -0.2) is 0 Å². The van der Waals surface area contributed by atoms with Crippen LogP contribution in [0.25, 0.3) is 0 Å². The van der Waals surface area contributed by atoms with Gasteiger partial charge in [-0.3, -0.25) is 0 Å². The zero-order chi connectivity index (χ0) is 10.6. The van der Waals surface area contributed by atoms with E-state index < -0.39 is 0 Å². The van der Waals surface area contributed by atoms with E-state index in [2.05, 4.69) is 19.2 Å². The normalized spacial score (nSPS) is 13.1. The van der Waals surface area contributed by atoms with Gasteiger partial charge in [0.15, 0.2) is 0 Å². The van der Waals surface area contributed by atoms with Gasteiger partial charge in [0.2, 0.25) is 0 Å². The van der Waals surface area contributed by atoms with E-state index in [0.29, 0.717) is 5.92 Å². The van der Waals surface area contributed by atoms with Crippen LogP contribution in [-0.4, -0.2) is 26.3 Å². The molecule has 1 N–H and O–H groups in total. The van der Waals surface area contributed by atoms with Gasteiger partial charge in [-0.15, -0.1) is 0 Å². The van der Waals surface area contributed by atoms with Crippen molar-refractivity contribution in [2.24, 2.45) is 5.92 Å². The number of hydrogen-bond acceptors (Lipinski definition) is 2. The molecule has 0 saturated heterocycles. The summed E-state index contributed by atoms with van der Waals surface area (Å²) >= 11 is 0. The van der Waals surface area contributed by atoms with Crippen molar-refractivity contribution < 1.29 is 4.74 Å². The van der Waals surface area contributed by atoms with E-state index in [9.17, 15) is 0 Å². The Morgan fingerprint density at radius 1 is 1.14 bits per heavy atom. The van der Waals surface area contributed by atoms with E-state index >= 15 is 0 Å². The summed E-state index contributed by atoms with van der Waals surface area (Å²) in [6, 6.07) is 0. The minimum atomic E-state index is 0.640. The van der Waals surface area contributed by atoms with Gasteiger partial charge in [0, 0.05) is 6.61 Å². The summed E-state index contributed by atoms with van der Waals surface area (Å²) in [5.41, 5.74) is 0. The van der Waals surface area contributed by atoms with E-state index in [1.54, 1.807) is 0 Å². The average Bonchev–Trinajstić information content (AvgIpc) is 2.20. The largest absolute Gasteiger partial charge is 0.381 e. The lowest BCUT2D eigenvalue weighted by atomic mass is 10.2. The molecule has 0 aromatic heterocycles. The molecule has 0 heterocycles. The smallest absolute Gasteiger partial charge is 0.0503 e. The molecule has 0 rings (SSSR count). The summed E-state index contributed by atoms with van der Waals surface area (Å²) in [5, 5.41) is 3.47. The molecule has 2 heteroatoms. The summed E-state index contributed by atoms with van der Waals surface area (Å²) in [5.74, 6) is 0.640. The first-order valence-electron chi connectivity index (χ1n) is 6.09. The van der Waals surface area contributed by atoms with Gasteiger partial charge in [0.1, 0.15) is 0 Å². The minimum absolute atomic E-state index is 0.640. The Morgan fingerprint density at radius 2 is 1.93 bits per heavy atom. The van der Waals surface area contributed by atoms with Crippen LogP contribution >= 0.6 is 0 Å². The lowest BCUT2D eigenvalue weighted by Gasteiger charge is -2.12. The second kappa shape index (κ2) is 11.0. The fraction of sp³-hybridized carbons (Fsp3) is 1.00. The zero-order valence-corrected chi connectivity index (χ0v) is 10.1. The fourth-order valence-corrected chi connectivity index (χ4v) is 1.40. The van der Waals surface area contributed by atoms with Gasteiger partial charge in [-0.05, 0) is 32.4 Å². The van der Waals surface area contributed by atoms with Crippen molar-refractivity contribution >= 4 is 0 Å². The van der Waals surface area contributed by atoms with Gasteiger partial charge in [0.25, 0.3) is 0 Å². The molecule has 2 nitrogen and oxygen atoms in total. The van der Waals surface area contributed by atoms with Crippen molar-refractivity contribution in [3.63, 3.8) is 0 Å². The molecule has 0 spiro atoms. The summed E-state index contributed by atoms with van der Waals surface area (Å²) in [7, 11) is 0. The monoisotopic (exact) mass is 201 g/mol. The summed E-state index contributed by atoms with van der Waals surface area (Å²) in [6.45, 7) is 10.5. The average molecular weight is 201 g/mol. The van der Waals surface area contributed by atoms with Crippen LogP contribution in [0.1, 0.15) is 46.5 Å². The highest BCUT2D eigenvalue weighted by molar-refractivity contribution is 4.56. The van der Waals surface area contributed by atoms with Gasteiger partial charge < -0.3 is 10.1 Å². The van der Waals surface area contributed by atoms with Crippen LogP contribution in [0.4, 0.5) is 0 Å². The molecule has 0 aromatic carbocycles. The molecule has 14 heavy (non-hydrogen) atoms. The minimum Gasteiger partial charge on any atom is -0.381 e. The third-order valence-electron chi connectivity index (χ3n) is 2.31. The lowest BCUT2D eigenvalue weighted by Crippen LogP contribution is -2.25. The zero-order valence-electron chi connectivity index (χ0n) is 10.1. The summed E-state index contributed by atoms with van der Waals surface area (Å²) < 4.78 is 5.35. The first-order valence-corrected chi connectivity index (χ1v) is 6.09. The third kappa shape index (κ3) is 10.0. The molecule has 0 aliphatic rings. The Morgan fingerprint density at radius 3 is 2.57 bits per heavy atom. The molecular weight excluding hydrogens is 174 g/mol. The highest BCUT2D eigenvalue weighted by Crippen LogP contribution is 1.98. The molecule has 1 atom stereocenters. The quantitative estimate of drug-likeness (QED) is 0.549. The Balaban J connectivity index is 3.02. The Labute approximate surface area is 89.4 Å². The standard InChI is InChI=1S/C12H27NO/c1-4-6-7-8-9-13-10-12(3)11-14-5-2/h12-13H,4-11H2,1-3H3. The van der Waals surface area contributed by atoms with Crippen molar-refractivity contribution in [2.45, 2.75) is 46.5 Å². The van der Waals surface area contributed by atoms with Crippen LogP contribution in [0.2, 0.25) is 0 Å². The second-order valence-corrected chi connectivity index (χ2v) is 4.03. The van der Waals surface area contributed by atoms with E-state index in [0.717, 1.165) is 26.3 Å². The van der Waals surface area contributed by atoms with Crippen LogP contribution in [-0.2, 0) is 4.74 Å². The van der Waals surface area contributed by atoms with Crippen LogP contribution in [0.3, 0.4) is 0 Å². The molecular formula is C12H27NO. The van der Waals surface area contributed by atoms with E-state index in [1.807, 2.05) is 6.92 Å². The van der Waals surface area contributed by atoms with Crippen molar-refractivity contribution in [3.05, 3.63) is 0 Å². The Kier molecular flexibility index (Phi) is 10.9. The molecule has 0 aliphatic heterocycles. The predicted octanol–water partition coefficient (Wildman–Crippen LogP) is 2.83. The fourth-order valence-electron chi connectivity index (χ4n) is 1.40. The molecule has 1 unspecified atom stereocenters. The molecule has 0 aliphatic carbocycles. The molecule has 0 saturated carbocycles. The number of hydrogen-bond donors (Lipinski definition) is 1. The number of unbranched alkanes of at least 4 members (excludes halogenated alkanes) is 3. The maximum Gasteiger partial charge on any atom is 0.0503 e. The predicted molar refractivity (Wildman–Crippen MR) is 62.7 cm³/mol. The van der Waals surface area contributed by atoms with Gasteiger partial charge in [0.05, 0.1) is 6.61 Å². The Bertz CT molecular complexity index is 106. The molecule has 0 amide bonds. The highest BCUT2D eigenvalue weighted by atomic mass is 16.5. The molecule has 0 bridgehead atoms. The maximum atomic E-state index is 5.35. The molecule has 0 aromatic rings. The number of nitrogens with one attached hydrogen (secondary N) is 1. The SMILES string of the molecule is CCCCCCNCC(C)COCC. The van der Waals surface area contributed by atoms with E-state index in [4.69, 9.17) is 4.74 Å². The Hall–Kier alpha value is -0.0800. The van der Waals surface area contributed by atoms with Crippen molar-refractivity contribution in [1.82, 2.24) is 5.32 Å². The van der Waals surface area contributed by atoms with Crippen molar-refractivity contribution in [2.75, 3.05) is 26.3 Å². The number of rotatable bonds is 10. The van der Waals surface area contributed by atoms with Crippen LogP contribution < -0.4 is 5.32 Å². The number of ether oxygens (including phenoxy) is 1. The lowest BCUT2D eigenvalue weighted by molar-refractivity contribution is 0.115. The van der Waals surface area contributed by atoms with E-state index in [-0.39, 0.29) is 0 Å². The molecule has 0 radical (unpaired) electrons. The molecule has 0 fully saturated rings. The second-order valence-electron chi connectivity index (χ2n) is 4.03. The van der Waals surface area contributed by atoms with Crippen molar-refractivity contribution in [1.29, 1.82) is 0 Å². The van der Waals surface area contributed by atoms with Crippen molar-refractivity contribution in [3.8, 4) is 0 Å². The maximum absolute atomic E-state index is 5.35. The van der Waals surface area contributed by atoms with Gasteiger partial charge in [-0.2, -0.15) is 0 Å². The van der Waals surface area contributed by atoms with Gasteiger partial charge in [-0.1, -0.05) is 33.1 Å². The van der Waals surface area contributed by atoms with Crippen LogP contribution in [0, 0.1) is 5.92 Å². The highest BCUT2D eigenvalue weighted by Gasteiger charge is 2.00. The van der Waals surface area contributed by atoms with Gasteiger partial charge >= 0.3 is 0 Å². The summed E-state index contributed by atoms with van der Waals surface area (Å²) in [6.07, 6.45) is 5.37. The summed E-state index contributed by atoms with van der Waals surface area (Å²) in [4.78, 5) is 0. The first kappa shape index (κ1) is 13.9. The molecule has 86 valence electrons. The first-order chi connectivity index (χ1) is 6.81. The third-order valence-corrected chi connectivity index (χ3v) is 2.31. The van der Waals surface area contributed by atoms with Crippen LogP contribution in [0.5, 0.6) is 0 Å².